The molecule has 1 fully saturated rings. The van der Waals surface area contributed by atoms with Gasteiger partial charge < -0.3 is 20.1 Å². The van der Waals surface area contributed by atoms with Gasteiger partial charge in [-0.25, -0.2) is 4.79 Å². The molecule has 0 aliphatic carbocycles. The highest BCUT2D eigenvalue weighted by atomic mass is 32.1. The second kappa shape index (κ2) is 10.8. The number of thiocarbonyl (C=S) groups is 1. The second-order valence-electron chi connectivity index (χ2n) is 8.38. The van der Waals surface area contributed by atoms with Crippen molar-refractivity contribution in [3.63, 3.8) is 0 Å². The molecular weight excluding hydrogens is 398 g/mol. The number of likely N-dealkylation sites (tertiary alicyclic amines) is 1. The molecule has 0 aromatic heterocycles. The molecule has 3 rings (SSSR count). The molecule has 2 heterocycles. The van der Waals surface area contributed by atoms with Crippen LogP contribution in [0, 0.1) is 5.92 Å². The zero-order valence-electron chi connectivity index (χ0n) is 18.2. The van der Waals surface area contributed by atoms with E-state index in [0.717, 1.165) is 23.6 Å². The van der Waals surface area contributed by atoms with Crippen LogP contribution in [0.15, 0.2) is 35.5 Å². The Morgan fingerprint density at radius 1 is 1.20 bits per heavy atom. The van der Waals surface area contributed by atoms with E-state index in [1.54, 1.807) is 0 Å². The van der Waals surface area contributed by atoms with Crippen molar-refractivity contribution < 1.29 is 14.3 Å². The first-order valence-corrected chi connectivity index (χ1v) is 11.3. The maximum Gasteiger partial charge on any atom is 0.338 e. The molecule has 2 N–H and O–H groups in total. The van der Waals surface area contributed by atoms with E-state index in [0.29, 0.717) is 23.9 Å². The molecule has 2 aliphatic heterocycles. The lowest BCUT2D eigenvalue weighted by Gasteiger charge is -2.30. The van der Waals surface area contributed by atoms with Gasteiger partial charge in [-0.15, -0.1) is 0 Å². The standard InChI is InChI=1S/C23H33N3O3S/c1-16(2)15-29-22(27)20-17(3)24-23(30)25-21(20)18-7-9-19(10-8-18)28-14-13-26-11-5-4-6-12-26/h7-10,16,21H,4-6,11-15H2,1-3H3,(H2,24,25,30). The summed E-state index contributed by atoms with van der Waals surface area (Å²) in [4.78, 5) is 15.2. The molecule has 0 amide bonds. The Hall–Kier alpha value is -2.12. The van der Waals surface area contributed by atoms with Crippen molar-refractivity contribution in [3.8, 4) is 5.75 Å². The Balaban J connectivity index is 1.64. The molecule has 0 radical (unpaired) electrons. The van der Waals surface area contributed by atoms with Crippen molar-refractivity contribution in [2.45, 2.75) is 46.1 Å². The molecule has 2 aliphatic rings. The van der Waals surface area contributed by atoms with E-state index in [-0.39, 0.29) is 17.9 Å². The van der Waals surface area contributed by atoms with Crippen LogP contribution in [-0.4, -0.2) is 48.8 Å². The number of piperidine rings is 1. The van der Waals surface area contributed by atoms with Gasteiger partial charge in [-0.2, -0.15) is 0 Å². The van der Waals surface area contributed by atoms with Crippen LogP contribution in [-0.2, 0) is 9.53 Å². The monoisotopic (exact) mass is 431 g/mol. The zero-order valence-corrected chi connectivity index (χ0v) is 19.0. The first-order valence-electron chi connectivity index (χ1n) is 10.8. The summed E-state index contributed by atoms with van der Waals surface area (Å²) in [5.74, 6) is 0.785. The summed E-state index contributed by atoms with van der Waals surface area (Å²) in [6.07, 6.45) is 3.91. The van der Waals surface area contributed by atoms with Gasteiger partial charge in [0, 0.05) is 12.2 Å². The summed E-state index contributed by atoms with van der Waals surface area (Å²) in [7, 11) is 0. The Morgan fingerprint density at radius 3 is 2.57 bits per heavy atom. The Labute approximate surface area is 185 Å². The van der Waals surface area contributed by atoms with Gasteiger partial charge in [0.1, 0.15) is 12.4 Å². The lowest BCUT2D eigenvalue weighted by Crippen LogP contribution is -2.45. The summed E-state index contributed by atoms with van der Waals surface area (Å²) in [6, 6.07) is 7.51. The molecule has 0 bridgehead atoms. The van der Waals surface area contributed by atoms with Crippen LogP contribution in [0.3, 0.4) is 0 Å². The highest BCUT2D eigenvalue weighted by molar-refractivity contribution is 7.80. The van der Waals surface area contributed by atoms with Gasteiger partial charge in [0.05, 0.1) is 18.2 Å². The third kappa shape index (κ3) is 6.19. The zero-order chi connectivity index (χ0) is 21.5. The normalized spacial score (nSPS) is 20.0. The lowest BCUT2D eigenvalue weighted by atomic mass is 9.95. The van der Waals surface area contributed by atoms with Crippen molar-refractivity contribution in [3.05, 3.63) is 41.1 Å². The SMILES string of the molecule is CC1=C(C(=O)OCC(C)C)C(c2ccc(OCCN3CCCCC3)cc2)NC(=S)N1. The largest absolute Gasteiger partial charge is 0.492 e. The number of allylic oxidation sites excluding steroid dienone is 1. The highest BCUT2D eigenvalue weighted by Gasteiger charge is 2.31. The first kappa shape index (κ1) is 22.6. The molecule has 7 heteroatoms. The van der Waals surface area contributed by atoms with Gasteiger partial charge in [-0.3, -0.25) is 4.90 Å². The van der Waals surface area contributed by atoms with Crippen LogP contribution in [0.5, 0.6) is 5.75 Å². The molecular formula is C23H33N3O3S. The minimum Gasteiger partial charge on any atom is -0.492 e. The number of carbonyl (C=O) groups is 1. The fourth-order valence-electron chi connectivity index (χ4n) is 3.77. The molecule has 164 valence electrons. The molecule has 1 atom stereocenters. The fourth-order valence-corrected chi connectivity index (χ4v) is 4.04. The number of esters is 1. The molecule has 1 saturated heterocycles. The predicted octanol–water partition coefficient (Wildman–Crippen LogP) is 3.54. The molecule has 30 heavy (non-hydrogen) atoms. The van der Waals surface area contributed by atoms with E-state index in [9.17, 15) is 4.79 Å². The third-order valence-corrected chi connectivity index (χ3v) is 5.60. The van der Waals surface area contributed by atoms with Crippen molar-refractivity contribution in [1.82, 2.24) is 15.5 Å². The highest BCUT2D eigenvalue weighted by Crippen LogP contribution is 2.29. The Morgan fingerprint density at radius 2 is 1.90 bits per heavy atom. The summed E-state index contributed by atoms with van der Waals surface area (Å²) in [6.45, 7) is 10.3. The van der Waals surface area contributed by atoms with E-state index in [2.05, 4.69) is 15.5 Å². The van der Waals surface area contributed by atoms with Crippen molar-refractivity contribution in [1.29, 1.82) is 0 Å². The van der Waals surface area contributed by atoms with Crippen LogP contribution in [0.25, 0.3) is 0 Å². The smallest absolute Gasteiger partial charge is 0.338 e. The maximum absolute atomic E-state index is 12.7. The van der Waals surface area contributed by atoms with Crippen molar-refractivity contribution in [2.24, 2.45) is 5.92 Å². The van der Waals surface area contributed by atoms with Crippen molar-refractivity contribution in [2.75, 3.05) is 32.8 Å². The van der Waals surface area contributed by atoms with Gasteiger partial charge in [0.25, 0.3) is 0 Å². The van der Waals surface area contributed by atoms with E-state index >= 15 is 0 Å². The maximum atomic E-state index is 12.7. The second-order valence-corrected chi connectivity index (χ2v) is 8.79. The number of rotatable bonds is 8. The van der Waals surface area contributed by atoms with Crippen LogP contribution < -0.4 is 15.4 Å². The van der Waals surface area contributed by atoms with Gasteiger partial charge in [-0.05, 0) is 68.7 Å². The number of hydrogen-bond donors (Lipinski definition) is 2. The Kier molecular flexibility index (Phi) is 8.10. The number of hydrogen-bond acceptors (Lipinski definition) is 5. The molecule has 1 aromatic carbocycles. The topological polar surface area (TPSA) is 62.8 Å². The van der Waals surface area contributed by atoms with Gasteiger partial charge in [0.2, 0.25) is 0 Å². The van der Waals surface area contributed by atoms with Crippen LogP contribution >= 0.6 is 12.2 Å². The molecule has 1 aromatic rings. The number of ether oxygens (including phenoxy) is 2. The summed E-state index contributed by atoms with van der Waals surface area (Å²) >= 11 is 5.31. The number of nitrogens with one attached hydrogen (secondary N) is 2. The van der Waals surface area contributed by atoms with E-state index in [4.69, 9.17) is 21.7 Å². The lowest BCUT2D eigenvalue weighted by molar-refractivity contribution is -0.140. The Bertz CT molecular complexity index is 770. The van der Waals surface area contributed by atoms with Crippen molar-refractivity contribution >= 4 is 23.3 Å². The predicted molar refractivity (Wildman–Crippen MR) is 122 cm³/mol. The van der Waals surface area contributed by atoms with Crippen LogP contribution in [0.4, 0.5) is 0 Å². The van der Waals surface area contributed by atoms with E-state index in [1.807, 2.05) is 45.0 Å². The number of nitrogens with zero attached hydrogens (tertiary/aromatic N) is 1. The van der Waals surface area contributed by atoms with E-state index < -0.39 is 0 Å². The average molecular weight is 432 g/mol. The minimum absolute atomic E-state index is 0.278. The first-order chi connectivity index (χ1) is 14.4. The summed E-state index contributed by atoms with van der Waals surface area (Å²) < 4.78 is 11.4. The average Bonchev–Trinajstić information content (AvgIpc) is 2.73. The van der Waals surface area contributed by atoms with Gasteiger partial charge >= 0.3 is 5.97 Å². The fraction of sp³-hybridized carbons (Fsp3) is 0.565. The quantitative estimate of drug-likeness (QED) is 0.482. The third-order valence-electron chi connectivity index (χ3n) is 5.38. The molecule has 6 nitrogen and oxygen atoms in total. The molecule has 0 saturated carbocycles. The van der Waals surface area contributed by atoms with E-state index in [1.165, 1.54) is 32.4 Å². The summed E-state index contributed by atoms with van der Waals surface area (Å²) in [5, 5.41) is 6.74. The molecule has 1 unspecified atom stereocenters. The van der Waals surface area contributed by atoms with Crippen LogP contribution in [0.1, 0.15) is 51.6 Å². The minimum atomic E-state index is -0.346. The van der Waals surface area contributed by atoms with Gasteiger partial charge in [0.15, 0.2) is 5.11 Å². The number of carbonyl (C=O) groups excluding carboxylic acids is 1. The number of benzene rings is 1. The van der Waals surface area contributed by atoms with Crippen LogP contribution in [0.2, 0.25) is 0 Å². The summed E-state index contributed by atoms with van der Waals surface area (Å²) in [5.41, 5.74) is 2.22. The van der Waals surface area contributed by atoms with Gasteiger partial charge in [-0.1, -0.05) is 32.4 Å². The molecule has 0 spiro atoms.